The molecule has 0 radical (unpaired) electrons. The van der Waals surface area contributed by atoms with Gasteiger partial charge in [-0.05, 0) is 6.07 Å². The Kier molecular flexibility index (Phi) is 1.42. The summed E-state index contributed by atoms with van der Waals surface area (Å²) in [4.78, 5) is 13.0. The molecule has 0 spiro atoms. The Morgan fingerprint density at radius 1 is 1.70 bits per heavy atom. The van der Waals surface area contributed by atoms with E-state index in [1.54, 1.807) is 6.07 Å². The highest BCUT2D eigenvalue weighted by atomic mass is 16.1. The smallest absolute Gasteiger partial charge is 0.267 e. The van der Waals surface area contributed by atoms with Crippen LogP contribution in [0.2, 0.25) is 0 Å². The normalized spacial score (nSPS) is 8.70. The van der Waals surface area contributed by atoms with Gasteiger partial charge in [0.25, 0.3) is 5.56 Å². The Morgan fingerprint density at radius 2 is 2.40 bits per heavy atom. The minimum absolute atomic E-state index is 0.0255. The minimum Gasteiger partial charge on any atom is -0.397 e. The summed E-state index contributed by atoms with van der Waals surface area (Å²) in [5, 5.41) is 8.35. The molecule has 10 heavy (non-hydrogen) atoms. The first-order valence-corrected chi connectivity index (χ1v) is 2.63. The molecule has 3 N–H and O–H groups in total. The van der Waals surface area contributed by atoms with Crippen molar-refractivity contribution >= 4 is 5.69 Å². The number of hydrogen-bond acceptors (Lipinski definition) is 3. The highest BCUT2D eigenvalue weighted by Crippen LogP contribution is 2.00. The fourth-order valence-corrected chi connectivity index (χ4v) is 0.609. The largest absolute Gasteiger partial charge is 0.397 e. The molecule has 0 fully saturated rings. The van der Waals surface area contributed by atoms with E-state index in [0.29, 0.717) is 0 Å². The lowest BCUT2D eigenvalue weighted by molar-refractivity contribution is 1.22. The van der Waals surface area contributed by atoms with Gasteiger partial charge in [-0.2, -0.15) is 5.26 Å². The summed E-state index contributed by atoms with van der Waals surface area (Å²) in [6, 6.07) is 3.17. The van der Waals surface area contributed by atoms with Crippen LogP contribution in [0.5, 0.6) is 0 Å². The molecule has 0 atom stereocenters. The zero-order chi connectivity index (χ0) is 7.56. The van der Waals surface area contributed by atoms with Crippen molar-refractivity contribution in [1.82, 2.24) is 4.98 Å². The summed E-state index contributed by atoms with van der Waals surface area (Å²) in [6.45, 7) is 0. The number of aromatic amines is 1. The monoisotopic (exact) mass is 135 g/mol. The summed E-state index contributed by atoms with van der Waals surface area (Å²) < 4.78 is 0. The zero-order valence-electron chi connectivity index (χ0n) is 5.09. The molecule has 1 aromatic heterocycles. The van der Waals surface area contributed by atoms with Crippen molar-refractivity contribution in [2.24, 2.45) is 0 Å². The Hall–Kier alpha value is -1.76. The average molecular weight is 135 g/mol. The molecule has 50 valence electrons. The molecule has 4 nitrogen and oxygen atoms in total. The number of nitrogens with two attached hydrogens (primary N) is 1. The number of nitriles is 1. The number of rotatable bonds is 0. The van der Waals surface area contributed by atoms with Crippen molar-refractivity contribution in [1.29, 1.82) is 5.26 Å². The molecule has 0 bridgehead atoms. The van der Waals surface area contributed by atoms with Crippen LogP contribution in [0, 0.1) is 11.3 Å². The second kappa shape index (κ2) is 2.23. The highest BCUT2D eigenvalue weighted by molar-refractivity contribution is 5.51. The van der Waals surface area contributed by atoms with Gasteiger partial charge >= 0.3 is 0 Å². The number of pyridine rings is 1. The molecule has 0 unspecified atom stereocenters. The van der Waals surface area contributed by atoms with Gasteiger partial charge in [-0.25, -0.2) is 0 Å². The molecule has 1 rings (SSSR count). The van der Waals surface area contributed by atoms with Crippen molar-refractivity contribution in [3.63, 3.8) is 0 Å². The zero-order valence-corrected chi connectivity index (χ0v) is 5.09. The fourth-order valence-electron chi connectivity index (χ4n) is 0.609. The van der Waals surface area contributed by atoms with E-state index >= 15 is 0 Å². The van der Waals surface area contributed by atoms with Gasteiger partial charge < -0.3 is 10.7 Å². The van der Waals surface area contributed by atoms with E-state index in [1.807, 2.05) is 0 Å². The quantitative estimate of drug-likeness (QED) is 0.518. The Morgan fingerprint density at radius 3 is 2.80 bits per heavy atom. The third-order valence-corrected chi connectivity index (χ3v) is 1.10. The average Bonchev–Trinajstić information content (AvgIpc) is 1.88. The summed E-state index contributed by atoms with van der Waals surface area (Å²) in [7, 11) is 0. The Labute approximate surface area is 56.9 Å². The molecule has 1 aromatic rings. The summed E-state index contributed by atoms with van der Waals surface area (Å²) in [5.74, 6) is 0. The van der Waals surface area contributed by atoms with Crippen LogP contribution in [0.15, 0.2) is 17.1 Å². The van der Waals surface area contributed by atoms with Crippen molar-refractivity contribution in [2.75, 3.05) is 5.73 Å². The van der Waals surface area contributed by atoms with E-state index in [2.05, 4.69) is 4.98 Å². The van der Waals surface area contributed by atoms with Crippen molar-refractivity contribution in [3.8, 4) is 6.07 Å². The highest BCUT2D eigenvalue weighted by Gasteiger charge is 1.99. The number of aromatic nitrogens is 1. The van der Waals surface area contributed by atoms with E-state index in [-0.39, 0.29) is 11.3 Å². The molecule has 0 saturated carbocycles. The lowest BCUT2D eigenvalue weighted by Crippen LogP contribution is -2.11. The summed E-state index contributed by atoms with van der Waals surface area (Å²) >= 11 is 0. The van der Waals surface area contributed by atoms with Gasteiger partial charge in [-0.15, -0.1) is 0 Å². The molecule has 0 aliphatic carbocycles. The van der Waals surface area contributed by atoms with Crippen LogP contribution in [0.1, 0.15) is 5.56 Å². The molecule has 0 amide bonds. The lowest BCUT2D eigenvalue weighted by Gasteiger charge is -1.91. The number of hydrogen-bond donors (Lipinski definition) is 2. The predicted molar refractivity (Wildman–Crippen MR) is 36.2 cm³/mol. The van der Waals surface area contributed by atoms with Gasteiger partial charge in [0.05, 0.1) is 5.69 Å². The number of H-pyrrole nitrogens is 1. The maximum absolute atomic E-state index is 10.7. The molecule has 1 heterocycles. The van der Waals surface area contributed by atoms with Crippen LogP contribution in [-0.4, -0.2) is 4.98 Å². The molecular formula is C6H5N3O. The standard InChI is InChI=1S/C6H5N3O/c7-3-4-5(8)1-2-9-6(4)10/h1-2H,(H3,8,9,10). The number of anilines is 1. The van der Waals surface area contributed by atoms with Gasteiger partial charge in [-0.1, -0.05) is 0 Å². The van der Waals surface area contributed by atoms with Crippen molar-refractivity contribution < 1.29 is 0 Å². The topological polar surface area (TPSA) is 82.7 Å². The maximum atomic E-state index is 10.7. The number of nitrogens with zero attached hydrogens (tertiary/aromatic N) is 1. The van der Waals surface area contributed by atoms with Crippen molar-refractivity contribution in [2.45, 2.75) is 0 Å². The lowest BCUT2D eigenvalue weighted by atomic mass is 10.2. The molecule has 0 aliphatic rings. The molecule has 4 heteroatoms. The Bertz CT molecular complexity index is 334. The minimum atomic E-state index is -0.442. The first-order valence-electron chi connectivity index (χ1n) is 2.63. The van der Waals surface area contributed by atoms with Gasteiger partial charge in [0.1, 0.15) is 11.6 Å². The van der Waals surface area contributed by atoms with E-state index in [0.717, 1.165) is 0 Å². The van der Waals surface area contributed by atoms with E-state index in [4.69, 9.17) is 11.0 Å². The van der Waals surface area contributed by atoms with E-state index < -0.39 is 5.56 Å². The van der Waals surface area contributed by atoms with Crippen LogP contribution in [0.25, 0.3) is 0 Å². The molecule has 0 aliphatic heterocycles. The summed E-state index contributed by atoms with van der Waals surface area (Å²) in [6.07, 6.45) is 1.40. The second-order valence-electron chi connectivity index (χ2n) is 1.75. The van der Waals surface area contributed by atoms with Crippen LogP contribution in [0.4, 0.5) is 5.69 Å². The first kappa shape index (κ1) is 6.36. The number of nitrogen functional groups attached to an aromatic ring is 1. The third kappa shape index (κ3) is 0.845. The first-order chi connectivity index (χ1) is 4.75. The van der Waals surface area contributed by atoms with Crippen LogP contribution >= 0.6 is 0 Å². The molecular weight excluding hydrogens is 130 g/mol. The SMILES string of the molecule is N#Cc1c(N)cc[nH]c1=O. The third-order valence-electron chi connectivity index (χ3n) is 1.10. The van der Waals surface area contributed by atoms with Crippen LogP contribution < -0.4 is 11.3 Å². The number of nitrogens with one attached hydrogen (secondary N) is 1. The van der Waals surface area contributed by atoms with Gasteiger partial charge in [0.15, 0.2) is 0 Å². The van der Waals surface area contributed by atoms with E-state index in [1.165, 1.54) is 12.3 Å². The fraction of sp³-hybridized carbons (Fsp3) is 0. The second-order valence-corrected chi connectivity index (χ2v) is 1.75. The predicted octanol–water partition coefficient (Wildman–Crippen LogP) is -0.171. The van der Waals surface area contributed by atoms with Crippen LogP contribution in [0.3, 0.4) is 0 Å². The van der Waals surface area contributed by atoms with Crippen LogP contribution in [-0.2, 0) is 0 Å². The van der Waals surface area contributed by atoms with Gasteiger partial charge in [0.2, 0.25) is 0 Å². The maximum Gasteiger partial charge on any atom is 0.267 e. The summed E-state index contributed by atoms with van der Waals surface area (Å²) in [5.41, 5.74) is 5.04. The van der Waals surface area contributed by atoms with Gasteiger partial charge in [0, 0.05) is 6.20 Å². The molecule has 0 saturated heterocycles. The Balaban J connectivity index is 3.50. The van der Waals surface area contributed by atoms with Crippen molar-refractivity contribution in [3.05, 3.63) is 28.2 Å². The molecule has 0 aromatic carbocycles. The van der Waals surface area contributed by atoms with E-state index in [9.17, 15) is 4.79 Å². The van der Waals surface area contributed by atoms with Gasteiger partial charge in [-0.3, -0.25) is 4.79 Å².